The van der Waals surface area contributed by atoms with Crippen LogP contribution < -0.4 is 0 Å². The van der Waals surface area contributed by atoms with Gasteiger partial charge in [-0.1, -0.05) is 12.1 Å². The summed E-state index contributed by atoms with van der Waals surface area (Å²) >= 11 is 0. The first-order valence-corrected chi connectivity index (χ1v) is 6.32. The van der Waals surface area contributed by atoms with Crippen LogP contribution in [0, 0.1) is 12.0 Å². The minimum atomic E-state index is 0.999. The summed E-state index contributed by atoms with van der Waals surface area (Å²) in [4.78, 5) is 4.87. The van der Waals surface area contributed by atoms with Crippen LogP contribution in [-0.2, 0) is 11.3 Å². The molecule has 1 aromatic rings. The smallest absolute Gasteiger partial charge is 0.115 e. The first-order chi connectivity index (χ1) is 8.78. The van der Waals surface area contributed by atoms with E-state index in [2.05, 4.69) is 53.1 Å². The zero-order valence-electron chi connectivity index (χ0n) is 11.1. The summed E-state index contributed by atoms with van der Waals surface area (Å²) in [6.07, 6.45) is 2.60. The van der Waals surface area contributed by atoms with Crippen LogP contribution in [0.3, 0.4) is 0 Å². The molecule has 96 valence electrons. The fourth-order valence-corrected chi connectivity index (χ4v) is 2.07. The summed E-state index contributed by atoms with van der Waals surface area (Å²) in [6, 6.07) is 8.41. The number of benzene rings is 1. The number of nitrogens with zero attached hydrogens (tertiary/aromatic N) is 2. The molecular weight excluding hydrogens is 224 g/mol. The largest absolute Gasteiger partial charge is 0.450 e. The standard InChI is InChI=1S/C15H20N2O/c1-16-8-10-17(11-9-16)13-15-5-3-14(4-6-15)7-12-18-2/h3-6H,8-11,13H2,1-2H3. The first kappa shape index (κ1) is 12.9. The number of hydrogen-bond donors (Lipinski definition) is 0. The Morgan fingerprint density at radius 2 is 1.78 bits per heavy atom. The van der Waals surface area contributed by atoms with Gasteiger partial charge in [0.2, 0.25) is 0 Å². The van der Waals surface area contributed by atoms with Crippen molar-refractivity contribution < 1.29 is 4.74 Å². The van der Waals surface area contributed by atoms with Crippen LogP contribution in [0.4, 0.5) is 0 Å². The Morgan fingerprint density at radius 1 is 1.11 bits per heavy atom. The monoisotopic (exact) mass is 244 g/mol. The highest BCUT2D eigenvalue weighted by Gasteiger charge is 2.13. The van der Waals surface area contributed by atoms with E-state index >= 15 is 0 Å². The van der Waals surface area contributed by atoms with Crippen LogP contribution in [0.25, 0.3) is 0 Å². The van der Waals surface area contributed by atoms with Gasteiger partial charge < -0.3 is 9.64 Å². The molecule has 18 heavy (non-hydrogen) atoms. The molecule has 0 unspecified atom stereocenters. The lowest BCUT2D eigenvalue weighted by Gasteiger charge is -2.32. The van der Waals surface area contributed by atoms with E-state index in [0.717, 1.165) is 38.3 Å². The molecule has 0 N–H and O–H groups in total. The average molecular weight is 244 g/mol. The highest BCUT2D eigenvalue weighted by atomic mass is 16.5. The fraction of sp³-hybridized carbons (Fsp3) is 0.467. The molecule has 1 saturated heterocycles. The third kappa shape index (κ3) is 3.76. The van der Waals surface area contributed by atoms with Gasteiger partial charge in [-0.25, -0.2) is 0 Å². The number of piperazine rings is 1. The first-order valence-electron chi connectivity index (χ1n) is 6.32. The number of ether oxygens (including phenoxy) is 1. The van der Waals surface area contributed by atoms with Gasteiger partial charge in [0, 0.05) is 38.3 Å². The van der Waals surface area contributed by atoms with Crippen molar-refractivity contribution in [3.05, 3.63) is 35.4 Å². The van der Waals surface area contributed by atoms with Crippen LogP contribution >= 0.6 is 0 Å². The van der Waals surface area contributed by atoms with Crippen LogP contribution in [0.1, 0.15) is 11.1 Å². The highest BCUT2D eigenvalue weighted by molar-refractivity contribution is 5.35. The molecule has 0 radical (unpaired) electrons. The normalized spacial score (nSPS) is 17.0. The van der Waals surface area contributed by atoms with Crippen molar-refractivity contribution in [1.29, 1.82) is 0 Å². The Labute approximate surface area is 109 Å². The van der Waals surface area contributed by atoms with Gasteiger partial charge in [-0.3, -0.25) is 4.90 Å². The molecule has 0 atom stereocenters. The van der Waals surface area contributed by atoms with Gasteiger partial charge in [-0.05, 0) is 30.7 Å². The van der Waals surface area contributed by atoms with Gasteiger partial charge >= 0.3 is 0 Å². The van der Waals surface area contributed by atoms with Crippen molar-refractivity contribution in [2.75, 3.05) is 40.3 Å². The third-order valence-electron chi connectivity index (χ3n) is 3.25. The molecule has 0 saturated carbocycles. The Hall–Kier alpha value is -1.50. The predicted octanol–water partition coefficient (Wildman–Crippen LogP) is 1.39. The van der Waals surface area contributed by atoms with Crippen LogP contribution in [0.15, 0.2) is 24.3 Å². The Morgan fingerprint density at radius 3 is 2.39 bits per heavy atom. The van der Waals surface area contributed by atoms with Crippen molar-refractivity contribution in [2.24, 2.45) is 0 Å². The lowest BCUT2D eigenvalue weighted by atomic mass is 10.1. The quantitative estimate of drug-likeness (QED) is 0.731. The Kier molecular flexibility index (Phi) is 4.63. The zero-order chi connectivity index (χ0) is 12.8. The second kappa shape index (κ2) is 6.44. The number of rotatable bonds is 2. The maximum atomic E-state index is 4.73. The Bertz CT molecular complexity index is 422. The van der Waals surface area contributed by atoms with E-state index in [1.165, 1.54) is 5.56 Å². The van der Waals surface area contributed by atoms with Crippen molar-refractivity contribution in [3.8, 4) is 12.0 Å². The molecule has 3 nitrogen and oxygen atoms in total. The summed E-state index contributed by atoms with van der Waals surface area (Å²) in [7, 11) is 3.76. The Balaban J connectivity index is 1.90. The molecule has 0 aliphatic carbocycles. The van der Waals surface area contributed by atoms with E-state index in [4.69, 9.17) is 4.74 Å². The van der Waals surface area contributed by atoms with Crippen LogP contribution in [0.5, 0.6) is 0 Å². The van der Waals surface area contributed by atoms with E-state index < -0.39 is 0 Å². The predicted molar refractivity (Wildman–Crippen MR) is 73.1 cm³/mol. The van der Waals surface area contributed by atoms with Gasteiger partial charge in [0.25, 0.3) is 0 Å². The third-order valence-corrected chi connectivity index (χ3v) is 3.25. The van der Waals surface area contributed by atoms with Gasteiger partial charge in [0.1, 0.15) is 6.11 Å². The average Bonchev–Trinajstić information content (AvgIpc) is 2.41. The van der Waals surface area contributed by atoms with E-state index in [0.29, 0.717) is 0 Å². The van der Waals surface area contributed by atoms with E-state index in [1.54, 1.807) is 7.11 Å². The van der Waals surface area contributed by atoms with Crippen molar-refractivity contribution >= 4 is 0 Å². The summed E-state index contributed by atoms with van der Waals surface area (Å²) < 4.78 is 4.73. The summed E-state index contributed by atoms with van der Waals surface area (Å²) in [6.45, 7) is 5.67. The molecule has 0 amide bonds. The summed E-state index contributed by atoms with van der Waals surface area (Å²) in [5.74, 6) is 2.94. The van der Waals surface area contributed by atoms with Gasteiger partial charge in [-0.15, -0.1) is 0 Å². The molecule has 2 rings (SSSR count). The second-order valence-corrected chi connectivity index (χ2v) is 4.71. The maximum Gasteiger partial charge on any atom is 0.115 e. The number of methoxy groups -OCH3 is 1. The summed E-state index contributed by atoms with van der Waals surface area (Å²) in [5.41, 5.74) is 2.35. The lowest BCUT2D eigenvalue weighted by molar-refractivity contribution is 0.148. The minimum absolute atomic E-state index is 0.999. The van der Waals surface area contributed by atoms with E-state index in [1.807, 2.05) is 0 Å². The van der Waals surface area contributed by atoms with Gasteiger partial charge in [0.05, 0.1) is 7.11 Å². The topological polar surface area (TPSA) is 15.7 Å². The van der Waals surface area contributed by atoms with Crippen molar-refractivity contribution in [1.82, 2.24) is 9.80 Å². The summed E-state index contributed by atoms with van der Waals surface area (Å²) in [5, 5.41) is 0. The van der Waals surface area contributed by atoms with Crippen LogP contribution in [0.2, 0.25) is 0 Å². The van der Waals surface area contributed by atoms with Gasteiger partial charge in [0.15, 0.2) is 0 Å². The van der Waals surface area contributed by atoms with Crippen molar-refractivity contribution in [3.63, 3.8) is 0 Å². The molecule has 3 heteroatoms. The molecule has 0 aromatic heterocycles. The minimum Gasteiger partial charge on any atom is -0.450 e. The maximum absolute atomic E-state index is 4.73. The van der Waals surface area contributed by atoms with Crippen molar-refractivity contribution in [2.45, 2.75) is 6.54 Å². The zero-order valence-corrected chi connectivity index (χ0v) is 11.1. The molecule has 1 fully saturated rings. The fourth-order valence-electron chi connectivity index (χ4n) is 2.07. The molecule has 0 bridgehead atoms. The molecule has 0 spiro atoms. The molecule has 1 heterocycles. The highest BCUT2D eigenvalue weighted by Crippen LogP contribution is 2.09. The molecule has 1 aromatic carbocycles. The SMILES string of the molecule is COC#Cc1ccc(CN2CCN(C)CC2)cc1. The number of hydrogen-bond acceptors (Lipinski definition) is 3. The van der Waals surface area contributed by atoms with Crippen LogP contribution in [-0.4, -0.2) is 50.1 Å². The lowest BCUT2D eigenvalue weighted by Crippen LogP contribution is -2.43. The molecule has 1 aliphatic heterocycles. The second-order valence-electron chi connectivity index (χ2n) is 4.71. The number of likely N-dealkylation sites (N-methyl/N-ethyl adjacent to an activating group) is 1. The van der Waals surface area contributed by atoms with Gasteiger partial charge in [-0.2, -0.15) is 0 Å². The molecule has 1 aliphatic rings. The van der Waals surface area contributed by atoms with E-state index in [-0.39, 0.29) is 0 Å². The van der Waals surface area contributed by atoms with E-state index in [9.17, 15) is 0 Å². The molecular formula is C15H20N2O.